The highest BCUT2D eigenvalue weighted by Crippen LogP contribution is 2.14. The largest absolute Gasteiger partial charge is 0.467 e. The average molecular weight is 331 g/mol. The van der Waals surface area contributed by atoms with Gasteiger partial charge in [0.25, 0.3) is 5.56 Å². The van der Waals surface area contributed by atoms with Gasteiger partial charge >= 0.3 is 5.97 Å². The van der Waals surface area contributed by atoms with Crippen molar-refractivity contribution < 1.29 is 14.3 Å². The molecule has 0 radical (unpaired) electrons. The first-order valence-corrected chi connectivity index (χ1v) is 7.67. The molecule has 1 amide bonds. The molecule has 7 heteroatoms. The van der Waals surface area contributed by atoms with Crippen molar-refractivity contribution in [3.8, 4) is 0 Å². The van der Waals surface area contributed by atoms with E-state index in [4.69, 9.17) is 4.74 Å². The Morgan fingerprint density at radius 2 is 1.88 bits per heavy atom. The lowest BCUT2D eigenvalue weighted by Crippen LogP contribution is -2.45. The Morgan fingerprint density at radius 1 is 1.25 bits per heavy atom. The molecule has 24 heavy (non-hydrogen) atoms. The Labute approximate surface area is 139 Å². The van der Waals surface area contributed by atoms with Gasteiger partial charge in [-0.3, -0.25) is 9.59 Å². The van der Waals surface area contributed by atoms with E-state index in [2.05, 4.69) is 10.4 Å². The van der Waals surface area contributed by atoms with Crippen LogP contribution in [0.4, 0.5) is 0 Å². The maximum atomic E-state index is 12.3. The molecule has 0 saturated heterocycles. The van der Waals surface area contributed by atoms with E-state index >= 15 is 0 Å². The summed E-state index contributed by atoms with van der Waals surface area (Å²) in [6.07, 6.45) is -0.0329. The average Bonchev–Trinajstić information content (AvgIpc) is 2.56. The first-order chi connectivity index (χ1) is 11.3. The number of esters is 1. The van der Waals surface area contributed by atoms with Crippen molar-refractivity contribution in [3.05, 3.63) is 40.3 Å². The van der Waals surface area contributed by atoms with Gasteiger partial charge in [-0.1, -0.05) is 32.0 Å². The first-order valence-electron chi connectivity index (χ1n) is 7.67. The zero-order valence-corrected chi connectivity index (χ0v) is 14.2. The minimum absolute atomic E-state index is 0.0329. The summed E-state index contributed by atoms with van der Waals surface area (Å²) in [5, 5.41) is 8.00. The Balaban J connectivity index is 2.29. The molecule has 0 unspecified atom stereocenters. The van der Waals surface area contributed by atoms with Crippen LogP contribution in [0.2, 0.25) is 0 Å². The van der Waals surface area contributed by atoms with Gasteiger partial charge in [0, 0.05) is 12.4 Å². The van der Waals surface area contributed by atoms with Gasteiger partial charge in [0.05, 0.1) is 24.6 Å². The summed E-state index contributed by atoms with van der Waals surface area (Å²) in [6.45, 7) is 3.64. The van der Waals surface area contributed by atoms with Crippen molar-refractivity contribution in [1.82, 2.24) is 15.1 Å². The Kier molecular flexibility index (Phi) is 5.33. The highest BCUT2D eigenvalue weighted by atomic mass is 16.5. The molecule has 0 saturated carbocycles. The van der Waals surface area contributed by atoms with Gasteiger partial charge in [-0.2, -0.15) is 5.10 Å². The van der Waals surface area contributed by atoms with Crippen LogP contribution in [-0.2, 0) is 27.8 Å². The van der Waals surface area contributed by atoms with Gasteiger partial charge in [-0.05, 0) is 12.0 Å². The number of amides is 1. The van der Waals surface area contributed by atoms with E-state index in [0.717, 1.165) is 0 Å². The molecule has 2 rings (SSSR count). The summed E-state index contributed by atoms with van der Waals surface area (Å²) >= 11 is 0. The molecule has 128 valence electrons. The topological polar surface area (TPSA) is 90.3 Å². The van der Waals surface area contributed by atoms with Crippen LogP contribution in [0.3, 0.4) is 0 Å². The Morgan fingerprint density at radius 3 is 2.46 bits per heavy atom. The van der Waals surface area contributed by atoms with Crippen LogP contribution >= 0.6 is 0 Å². The van der Waals surface area contributed by atoms with Gasteiger partial charge in [-0.15, -0.1) is 0 Å². The van der Waals surface area contributed by atoms with E-state index in [1.54, 1.807) is 31.3 Å². The number of hydrogen-bond acceptors (Lipinski definition) is 5. The summed E-state index contributed by atoms with van der Waals surface area (Å²) in [5.74, 6) is -0.946. The number of benzene rings is 1. The van der Waals surface area contributed by atoms with Crippen molar-refractivity contribution in [3.63, 3.8) is 0 Å². The number of methoxy groups -OCH3 is 1. The number of aromatic nitrogens is 2. The number of fused-ring (bicyclic) bond motifs is 1. The molecule has 1 atom stereocenters. The molecule has 0 fully saturated rings. The van der Waals surface area contributed by atoms with Crippen LogP contribution in [-0.4, -0.2) is 34.8 Å². The number of carbonyl (C=O) groups excluding carboxylic acids is 2. The van der Waals surface area contributed by atoms with E-state index in [1.165, 1.54) is 11.8 Å². The smallest absolute Gasteiger partial charge is 0.328 e. The molecule has 0 aliphatic carbocycles. The Hall–Kier alpha value is -2.70. The van der Waals surface area contributed by atoms with Gasteiger partial charge < -0.3 is 10.1 Å². The van der Waals surface area contributed by atoms with Crippen LogP contribution in [0, 0.1) is 5.92 Å². The zero-order chi connectivity index (χ0) is 17.9. The SMILES string of the molecule is COC(=O)[C@@H](NC(=O)Cc1nn(C)c(=O)c2ccccc12)C(C)C. The minimum Gasteiger partial charge on any atom is -0.467 e. The fraction of sp³-hybridized carbons (Fsp3) is 0.412. The summed E-state index contributed by atoms with van der Waals surface area (Å²) in [5.41, 5.74) is 0.266. The van der Waals surface area contributed by atoms with Gasteiger partial charge in [0.15, 0.2) is 0 Å². The second-order valence-electron chi connectivity index (χ2n) is 5.91. The first kappa shape index (κ1) is 17.7. The molecule has 1 aromatic heterocycles. The Bertz CT molecular complexity index is 826. The van der Waals surface area contributed by atoms with Crippen molar-refractivity contribution in [1.29, 1.82) is 0 Å². The maximum absolute atomic E-state index is 12.3. The van der Waals surface area contributed by atoms with Crippen LogP contribution in [0.5, 0.6) is 0 Å². The van der Waals surface area contributed by atoms with Crippen molar-refractivity contribution in [2.24, 2.45) is 13.0 Å². The third-order valence-corrected chi connectivity index (χ3v) is 3.80. The van der Waals surface area contributed by atoms with Crippen LogP contribution in [0.15, 0.2) is 29.1 Å². The molecule has 0 aliphatic rings. The number of rotatable bonds is 5. The fourth-order valence-electron chi connectivity index (χ4n) is 2.51. The number of carbonyl (C=O) groups is 2. The van der Waals surface area contributed by atoms with Crippen LogP contribution in [0.1, 0.15) is 19.5 Å². The summed E-state index contributed by atoms with van der Waals surface area (Å²) in [4.78, 5) is 36.2. The number of nitrogens with zero attached hydrogens (tertiary/aromatic N) is 2. The molecule has 7 nitrogen and oxygen atoms in total. The monoisotopic (exact) mass is 331 g/mol. The van der Waals surface area contributed by atoms with Gasteiger partial charge in [0.2, 0.25) is 5.91 Å². The van der Waals surface area contributed by atoms with Crippen LogP contribution in [0.25, 0.3) is 10.8 Å². The molecule has 1 heterocycles. The quantitative estimate of drug-likeness (QED) is 0.818. The lowest BCUT2D eigenvalue weighted by atomic mass is 10.0. The van der Waals surface area contributed by atoms with Crippen molar-refractivity contribution >= 4 is 22.6 Å². The molecule has 1 N–H and O–H groups in total. The standard InChI is InChI=1S/C17H21N3O4/c1-10(2)15(17(23)24-4)18-14(21)9-13-11-7-5-6-8-12(11)16(22)20(3)19-13/h5-8,10,15H,9H2,1-4H3,(H,18,21)/t15-/m0/s1. The normalized spacial score (nSPS) is 12.2. The molecule has 1 aromatic carbocycles. The lowest BCUT2D eigenvalue weighted by molar-refractivity contribution is -0.146. The fourth-order valence-corrected chi connectivity index (χ4v) is 2.51. The second-order valence-corrected chi connectivity index (χ2v) is 5.91. The molecular weight excluding hydrogens is 310 g/mol. The van der Waals surface area contributed by atoms with E-state index in [-0.39, 0.29) is 23.8 Å². The zero-order valence-electron chi connectivity index (χ0n) is 14.2. The maximum Gasteiger partial charge on any atom is 0.328 e. The molecule has 0 spiro atoms. The van der Waals surface area contributed by atoms with Gasteiger partial charge in [0.1, 0.15) is 6.04 Å². The molecule has 2 aromatic rings. The summed E-state index contributed by atoms with van der Waals surface area (Å²) in [6, 6.07) is 6.29. The van der Waals surface area contributed by atoms with E-state index in [0.29, 0.717) is 16.5 Å². The van der Waals surface area contributed by atoms with Crippen molar-refractivity contribution in [2.75, 3.05) is 7.11 Å². The minimum atomic E-state index is -0.721. The molecular formula is C17H21N3O4. The number of aryl methyl sites for hydroxylation is 1. The van der Waals surface area contributed by atoms with E-state index in [1.807, 2.05) is 13.8 Å². The van der Waals surface area contributed by atoms with Gasteiger partial charge in [-0.25, -0.2) is 9.48 Å². The molecule has 0 bridgehead atoms. The highest BCUT2D eigenvalue weighted by Gasteiger charge is 2.25. The summed E-state index contributed by atoms with van der Waals surface area (Å²) in [7, 11) is 2.83. The third-order valence-electron chi connectivity index (χ3n) is 3.80. The number of ether oxygens (including phenoxy) is 1. The van der Waals surface area contributed by atoms with E-state index < -0.39 is 12.0 Å². The summed E-state index contributed by atoms with van der Waals surface area (Å²) < 4.78 is 5.93. The van der Waals surface area contributed by atoms with E-state index in [9.17, 15) is 14.4 Å². The highest BCUT2D eigenvalue weighted by molar-refractivity contribution is 5.90. The van der Waals surface area contributed by atoms with Crippen molar-refractivity contribution in [2.45, 2.75) is 26.3 Å². The second kappa shape index (κ2) is 7.25. The predicted octanol–water partition coefficient (Wildman–Crippen LogP) is 0.790. The third kappa shape index (κ3) is 3.61. The molecule has 0 aliphatic heterocycles. The predicted molar refractivity (Wildman–Crippen MR) is 89.5 cm³/mol. The number of hydrogen-bond donors (Lipinski definition) is 1. The van der Waals surface area contributed by atoms with Crippen LogP contribution < -0.4 is 10.9 Å². The number of nitrogens with one attached hydrogen (secondary N) is 1. The lowest BCUT2D eigenvalue weighted by Gasteiger charge is -2.19.